The van der Waals surface area contributed by atoms with Gasteiger partial charge in [-0.3, -0.25) is 0 Å². The Hall–Kier alpha value is -0.760. The first-order valence-corrected chi connectivity index (χ1v) is 7.53. The Labute approximate surface area is 129 Å². The standard InChI is InChI=1S/C15H18F6O2/c1-2-11-4-9-3-10(5-11)7-12(6-9,8-11)23-13(22,14(16,17)18)15(19,20)21/h2,9-10,22H,1,3-8H2. The van der Waals surface area contributed by atoms with Crippen LogP contribution in [-0.2, 0) is 4.74 Å². The third kappa shape index (κ3) is 2.49. The second-order valence-corrected chi connectivity index (χ2v) is 7.45. The summed E-state index contributed by atoms with van der Waals surface area (Å²) in [6, 6.07) is 0. The summed E-state index contributed by atoms with van der Waals surface area (Å²) in [6.07, 6.45) is -7.75. The maximum atomic E-state index is 12.9. The van der Waals surface area contributed by atoms with Crippen molar-refractivity contribution < 1.29 is 36.2 Å². The number of ether oxygens (including phenoxy) is 1. The van der Waals surface area contributed by atoms with Crippen molar-refractivity contribution in [3.05, 3.63) is 12.7 Å². The molecule has 2 unspecified atom stereocenters. The van der Waals surface area contributed by atoms with E-state index in [-0.39, 0.29) is 31.1 Å². The van der Waals surface area contributed by atoms with Crippen molar-refractivity contribution in [3.8, 4) is 0 Å². The minimum Gasteiger partial charge on any atom is -0.351 e. The summed E-state index contributed by atoms with van der Waals surface area (Å²) < 4.78 is 82.2. The molecule has 0 spiro atoms. The molecule has 0 aromatic carbocycles. The average molecular weight is 344 g/mol. The molecule has 2 nitrogen and oxygen atoms in total. The average Bonchev–Trinajstić information content (AvgIpc) is 2.33. The monoisotopic (exact) mass is 344 g/mol. The second-order valence-electron chi connectivity index (χ2n) is 7.45. The molecule has 1 N–H and O–H groups in total. The molecular formula is C15H18F6O2. The van der Waals surface area contributed by atoms with Gasteiger partial charge in [-0.1, -0.05) is 6.08 Å². The highest BCUT2D eigenvalue weighted by Crippen LogP contribution is 2.65. The van der Waals surface area contributed by atoms with Crippen molar-refractivity contribution in [2.24, 2.45) is 17.3 Å². The van der Waals surface area contributed by atoms with Crippen LogP contribution in [0.25, 0.3) is 0 Å². The summed E-state index contributed by atoms with van der Waals surface area (Å²) in [6.45, 7) is 3.71. The zero-order valence-corrected chi connectivity index (χ0v) is 12.3. The lowest BCUT2D eigenvalue weighted by Crippen LogP contribution is -2.66. The number of allylic oxidation sites excluding steroid dienone is 1. The number of aliphatic hydroxyl groups is 1. The molecule has 0 amide bonds. The summed E-state index contributed by atoms with van der Waals surface area (Å²) in [7, 11) is 0. The molecular weight excluding hydrogens is 326 g/mol. The lowest BCUT2D eigenvalue weighted by atomic mass is 9.48. The van der Waals surface area contributed by atoms with E-state index >= 15 is 0 Å². The van der Waals surface area contributed by atoms with Crippen LogP contribution < -0.4 is 0 Å². The maximum Gasteiger partial charge on any atom is 0.453 e. The van der Waals surface area contributed by atoms with Gasteiger partial charge >= 0.3 is 18.1 Å². The van der Waals surface area contributed by atoms with Crippen LogP contribution in [0.15, 0.2) is 12.7 Å². The first-order chi connectivity index (χ1) is 10.3. The van der Waals surface area contributed by atoms with Crippen LogP contribution in [0.4, 0.5) is 26.3 Å². The van der Waals surface area contributed by atoms with E-state index in [1.807, 2.05) is 0 Å². The fraction of sp³-hybridized carbons (Fsp3) is 0.867. The van der Waals surface area contributed by atoms with Crippen molar-refractivity contribution in [3.63, 3.8) is 0 Å². The number of hydrogen-bond acceptors (Lipinski definition) is 2. The fourth-order valence-electron chi connectivity index (χ4n) is 5.20. The van der Waals surface area contributed by atoms with Gasteiger partial charge in [0, 0.05) is 0 Å². The third-order valence-electron chi connectivity index (χ3n) is 5.62. The van der Waals surface area contributed by atoms with E-state index in [0.29, 0.717) is 12.8 Å². The van der Waals surface area contributed by atoms with Crippen LogP contribution in [0.3, 0.4) is 0 Å². The minimum atomic E-state index is -5.95. The van der Waals surface area contributed by atoms with Gasteiger partial charge in [0.2, 0.25) is 0 Å². The van der Waals surface area contributed by atoms with E-state index in [1.165, 1.54) is 0 Å². The first kappa shape index (κ1) is 17.1. The van der Waals surface area contributed by atoms with Crippen LogP contribution >= 0.6 is 0 Å². The predicted molar refractivity (Wildman–Crippen MR) is 68.2 cm³/mol. The largest absolute Gasteiger partial charge is 0.453 e. The molecule has 4 saturated carbocycles. The van der Waals surface area contributed by atoms with Gasteiger partial charge in [-0.2, -0.15) is 26.3 Å². The molecule has 132 valence electrons. The van der Waals surface area contributed by atoms with Crippen LogP contribution in [0.1, 0.15) is 38.5 Å². The number of hydrogen-bond donors (Lipinski definition) is 1. The summed E-state index contributed by atoms with van der Waals surface area (Å²) in [5.74, 6) is -5.10. The molecule has 4 rings (SSSR count). The maximum absolute atomic E-state index is 12.9. The normalized spacial score (nSPS) is 40.5. The lowest BCUT2D eigenvalue weighted by molar-refractivity contribution is -0.484. The van der Waals surface area contributed by atoms with E-state index in [1.54, 1.807) is 6.08 Å². The molecule has 0 aromatic rings. The van der Waals surface area contributed by atoms with Crippen LogP contribution in [0, 0.1) is 17.3 Å². The number of halogens is 6. The van der Waals surface area contributed by atoms with Crippen molar-refractivity contribution in [2.75, 3.05) is 0 Å². The smallest absolute Gasteiger partial charge is 0.351 e. The van der Waals surface area contributed by atoms with Gasteiger partial charge in [0.15, 0.2) is 0 Å². The Balaban J connectivity index is 1.96. The Morgan fingerprint density at radius 1 is 0.957 bits per heavy atom. The van der Waals surface area contributed by atoms with Crippen LogP contribution in [0.2, 0.25) is 0 Å². The van der Waals surface area contributed by atoms with Gasteiger partial charge in [-0.05, 0) is 55.8 Å². The Bertz CT molecular complexity index is 481. The lowest BCUT2D eigenvalue weighted by Gasteiger charge is -2.62. The highest BCUT2D eigenvalue weighted by Gasteiger charge is 2.75. The van der Waals surface area contributed by atoms with Gasteiger partial charge in [0.05, 0.1) is 5.60 Å². The summed E-state index contributed by atoms with van der Waals surface area (Å²) in [4.78, 5) is 0. The highest BCUT2D eigenvalue weighted by atomic mass is 19.4. The van der Waals surface area contributed by atoms with Crippen LogP contribution in [-0.4, -0.2) is 28.8 Å². The van der Waals surface area contributed by atoms with Gasteiger partial charge < -0.3 is 9.84 Å². The zero-order valence-electron chi connectivity index (χ0n) is 12.3. The molecule has 0 heterocycles. The van der Waals surface area contributed by atoms with Crippen molar-refractivity contribution in [1.82, 2.24) is 0 Å². The zero-order chi connectivity index (χ0) is 17.3. The molecule has 0 radical (unpaired) electrons. The third-order valence-corrected chi connectivity index (χ3v) is 5.62. The van der Waals surface area contributed by atoms with E-state index in [0.717, 1.165) is 6.42 Å². The molecule has 2 atom stereocenters. The molecule has 0 aliphatic heterocycles. The number of alkyl halides is 6. The van der Waals surface area contributed by atoms with Crippen molar-refractivity contribution >= 4 is 0 Å². The molecule has 4 fully saturated rings. The van der Waals surface area contributed by atoms with Gasteiger partial charge in [-0.15, -0.1) is 6.58 Å². The Morgan fingerprint density at radius 2 is 1.43 bits per heavy atom. The topological polar surface area (TPSA) is 29.5 Å². The van der Waals surface area contributed by atoms with E-state index in [9.17, 15) is 31.4 Å². The highest BCUT2D eigenvalue weighted by molar-refractivity contribution is 5.15. The van der Waals surface area contributed by atoms with Crippen molar-refractivity contribution in [2.45, 2.75) is 62.3 Å². The van der Waals surface area contributed by atoms with Crippen molar-refractivity contribution in [1.29, 1.82) is 0 Å². The summed E-state index contributed by atoms with van der Waals surface area (Å²) in [5, 5.41) is 9.40. The van der Waals surface area contributed by atoms with Gasteiger partial charge in [0.1, 0.15) is 0 Å². The minimum absolute atomic E-state index is 0.0139. The Morgan fingerprint density at radius 3 is 1.83 bits per heavy atom. The SMILES string of the molecule is C=CC12CC3CC(C1)CC(OC(O)(C(F)(F)F)C(F)(F)F)(C3)C2. The fourth-order valence-corrected chi connectivity index (χ4v) is 5.20. The summed E-state index contributed by atoms with van der Waals surface area (Å²) >= 11 is 0. The molecule has 8 heteroatoms. The molecule has 0 aromatic heterocycles. The molecule has 4 aliphatic carbocycles. The number of rotatable bonds is 3. The molecule has 4 bridgehead atoms. The van der Waals surface area contributed by atoms with Crippen LogP contribution in [0.5, 0.6) is 0 Å². The molecule has 4 aliphatic rings. The predicted octanol–water partition coefficient (Wildman–Crippen LogP) is 4.34. The quantitative estimate of drug-likeness (QED) is 0.469. The van der Waals surface area contributed by atoms with E-state index in [2.05, 4.69) is 11.3 Å². The van der Waals surface area contributed by atoms with Gasteiger partial charge in [0.25, 0.3) is 0 Å². The van der Waals surface area contributed by atoms with Gasteiger partial charge in [-0.25, -0.2) is 0 Å². The van der Waals surface area contributed by atoms with E-state index in [4.69, 9.17) is 0 Å². The second kappa shape index (κ2) is 4.65. The summed E-state index contributed by atoms with van der Waals surface area (Å²) in [5.41, 5.74) is -2.08. The van der Waals surface area contributed by atoms with E-state index < -0.39 is 29.2 Å². The first-order valence-electron chi connectivity index (χ1n) is 7.53. The molecule has 23 heavy (non-hydrogen) atoms. The Kier molecular flexibility index (Phi) is 3.46. The molecule has 0 saturated heterocycles.